The largest absolute Gasteiger partial charge is 0.325 e. The number of benzene rings is 1. The van der Waals surface area contributed by atoms with Gasteiger partial charge in [-0.1, -0.05) is 0 Å². The van der Waals surface area contributed by atoms with Crippen molar-refractivity contribution in [2.45, 2.75) is 13.5 Å². The van der Waals surface area contributed by atoms with Crippen molar-refractivity contribution >= 4 is 28.7 Å². The van der Waals surface area contributed by atoms with Crippen molar-refractivity contribution in [3.05, 3.63) is 57.1 Å². The first kappa shape index (κ1) is 16.9. The topological polar surface area (TPSA) is 120 Å². The van der Waals surface area contributed by atoms with Crippen molar-refractivity contribution < 1.29 is 9.31 Å². The summed E-state index contributed by atoms with van der Waals surface area (Å²) in [4.78, 5) is 23.7. The highest BCUT2D eigenvalue weighted by Crippen LogP contribution is 2.29. The zero-order valence-electron chi connectivity index (χ0n) is 13.1. The van der Waals surface area contributed by atoms with Gasteiger partial charge in [0, 0.05) is 24.5 Å². The first-order valence-electron chi connectivity index (χ1n) is 7.18. The van der Waals surface area contributed by atoms with Crippen molar-refractivity contribution in [1.29, 1.82) is 0 Å². The van der Waals surface area contributed by atoms with Crippen LogP contribution in [0.25, 0.3) is 10.6 Å². The van der Waals surface area contributed by atoms with Crippen molar-refractivity contribution in [2.75, 3.05) is 5.32 Å². The summed E-state index contributed by atoms with van der Waals surface area (Å²) < 4.78 is 13.4. The molecule has 8 nitrogen and oxygen atoms in total. The van der Waals surface area contributed by atoms with Gasteiger partial charge in [-0.2, -0.15) is 4.39 Å². The van der Waals surface area contributed by atoms with E-state index in [4.69, 9.17) is 5.73 Å². The van der Waals surface area contributed by atoms with E-state index in [1.807, 2.05) is 6.92 Å². The molecule has 3 aromatic rings. The van der Waals surface area contributed by atoms with Gasteiger partial charge in [-0.05, 0) is 25.1 Å². The third-order valence-electron chi connectivity index (χ3n) is 3.30. The Kier molecular flexibility index (Phi) is 4.63. The third kappa shape index (κ3) is 3.59. The van der Waals surface area contributed by atoms with Gasteiger partial charge in [0.25, 0.3) is 0 Å². The number of anilines is 2. The van der Waals surface area contributed by atoms with Crippen molar-refractivity contribution in [2.24, 2.45) is 5.73 Å². The predicted molar refractivity (Wildman–Crippen MR) is 92.1 cm³/mol. The van der Waals surface area contributed by atoms with Crippen LogP contribution in [0.5, 0.6) is 0 Å². The number of nitro benzene ring substituents is 1. The van der Waals surface area contributed by atoms with E-state index in [0.29, 0.717) is 17.9 Å². The summed E-state index contributed by atoms with van der Waals surface area (Å²) in [6.07, 6.45) is 1.56. The molecule has 0 bridgehead atoms. The Hall–Kier alpha value is -2.98. The molecule has 0 saturated heterocycles. The highest BCUT2D eigenvalue weighted by atomic mass is 32.1. The molecule has 0 unspecified atom stereocenters. The lowest BCUT2D eigenvalue weighted by Gasteiger charge is -2.06. The standard InChI is InChI=1S/C15H13FN6O2S/c1-8-14(25-13(7-17)19-8)11-4-5-18-15(21-11)20-9-2-3-10(16)12(6-9)22(23)24/h2-6H,7,17H2,1H3,(H,18,20,21). The molecule has 3 rings (SSSR count). The van der Waals surface area contributed by atoms with E-state index in [1.165, 1.54) is 17.4 Å². The van der Waals surface area contributed by atoms with E-state index < -0.39 is 16.4 Å². The maximum absolute atomic E-state index is 13.4. The number of aromatic nitrogens is 3. The monoisotopic (exact) mass is 360 g/mol. The van der Waals surface area contributed by atoms with E-state index in [-0.39, 0.29) is 5.95 Å². The molecule has 0 aliphatic carbocycles. The number of hydrogen-bond donors (Lipinski definition) is 2. The van der Waals surface area contributed by atoms with Crippen molar-refractivity contribution in [3.8, 4) is 10.6 Å². The van der Waals surface area contributed by atoms with Crippen LogP contribution in [0.2, 0.25) is 0 Å². The van der Waals surface area contributed by atoms with Gasteiger partial charge in [0.2, 0.25) is 11.8 Å². The summed E-state index contributed by atoms with van der Waals surface area (Å²) in [6, 6.07) is 5.23. The van der Waals surface area contributed by atoms with Crippen LogP contribution >= 0.6 is 11.3 Å². The summed E-state index contributed by atoms with van der Waals surface area (Å²) in [5.74, 6) is -0.666. The van der Waals surface area contributed by atoms with Gasteiger partial charge in [0.05, 0.1) is 21.2 Å². The second-order valence-corrected chi connectivity index (χ2v) is 6.12. The average molecular weight is 360 g/mol. The molecular formula is C15H13FN6O2S. The molecular weight excluding hydrogens is 347 g/mol. The lowest BCUT2D eigenvalue weighted by atomic mass is 10.2. The smallest absolute Gasteiger partial charge is 0.306 e. The van der Waals surface area contributed by atoms with Crippen LogP contribution in [0.3, 0.4) is 0 Å². The minimum atomic E-state index is -0.903. The molecule has 0 aliphatic rings. The molecule has 0 spiro atoms. The molecule has 0 aliphatic heterocycles. The van der Waals surface area contributed by atoms with E-state index in [0.717, 1.165) is 27.7 Å². The second kappa shape index (κ2) is 6.87. The number of nitro groups is 1. The number of nitrogens with one attached hydrogen (secondary N) is 1. The van der Waals surface area contributed by atoms with Crippen LogP contribution in [-0.4, -0.2) is 19.9 Å². The van der Waals surface area contributed by atoms with Gasteiger partial charge in [0.1, 0.15) is 5.01 Å². The van der Waals surface area contributed by atoms with Gasteiger partial charge in [-0.15, -0.1) is 11.3 Å². The van der Waals surface area contributed by atoms with Crippen LogP contribution in [0.4, 0.5) is 21.7 Å². The zero-order chi connectivity index (χ0) is 18.0. The maximum atomic E-state index is 13.4. The van der Waals surface area contributed by atoms with Crippen molar-refractivity contribution in [3.63, 3.8) is 0 Å². The average Bonchev–Trinajstić information content (AvgIpc) is 2.97. The summed E-state index contributed by atoms with van der Waals surface area (Å²) in [6.45, 7) is 2.21. The van der Waals surface area contributed by atoms with Gasteiger partial charge >= 0.3 is 5.69 Å². The predicted octanol–water partition coefficient (Wildman–Crippen LogP) is 3.16. The van der Waals surface area contributed by atoms with Crippen molar-refractivity contribution in [1.82, 2.24) is 15.0 Å². The summed E-state index contributed by atoms with van der Waals surface area (Å²) in [7, 11) is 0. The Morgan fingerprint density at radius 1 is 1.36 bits per heavy atom. The SMILES string of the molecule is Cc1nc(CN)sc1-c1ccnc(Nc2ccc(F)c([N+](=O)[O-])c2)n1. The van der Waals surface area contributed by atoms with Crippen LogP contribution in [0.15, 0.2) is 30.5 Å². The summed E-state index contributed by atoms with van der Waals surface area (Å²) >= 11 is 1.44. The quantitative estimate of drug-likeness (QED) is 0.529. The molecule has 2 heterocycles. The van der Waals surface area contributed by atoms with E-state index in [2.05, 4.69) is 20.3 Å². The number of nitrogens with zero attached hydrogens (tertiary/aromatic N) is 4. The van der Waals surface area contributed by atoms with Crippen LogP contribution < -0.4 is 11.1 Å². The molecule has 0 radical (unpaired) electrons. The lowest BCUT2D eigenvalue weighted by Crippen LogP contribution is -1.99. The van der Waals surface area contributed by atoms with Gasteiger partial charge in [-0.25, -0.2) is 15.0 Å². The Balaban J connectivity index is 1.91. The van der Waals surface area contributed by atoms with Gasteiger partial charge in [-0.3, -0.25) is 10.1 Å². The number of hydrogen-bond acceptors (Lipinski definition) is 8. The Morgan fingerprint density at radius 2 is 2.16 bits per heavy atom. The minimum absolute atomic E-state index is 0.237. The molecule has 10 heteroatoms. The number of rotatable bonds is 5. The fraction of sp³-hybridized carbons (Fsp3) is 0.133. The number of thiazole rings is 1. The number of nitrogens with two attached hydrogens (primary N) is 1. The highest BCUT2D eigenvalue weighted by molar-refractivity contribution is 7.15. The number of aryl methyl sites for hydroxylation is 1. The fourth-order valence-electron chi connectivity index (χ4n) is 2.18. The maximum Gasteiger partial charge on any atom is 0.306 e. The molecule has 0 atom stereocenters. The molecule has 0 fully saturated rings. The molecule has 3 N–H and O–H groups in total. The minimum Gasteiger partial charge on any atom is -0.325 e. The van der Waals surface area contributed by atoms with E-state index >= 15 is 0 Å². The van der Waals surface area contributed by atoms with Crippen LogP contribution in [0.1, 0.15) is 10.7 Å². The Labute approximate surface area is 145 Å². The summed E-state index contributed by atoms with van der Waals surface area (Å²) in [5.41, 5.74) is 6.77. The Morgan fingerprint density at radius 3 is 2.84 bits per heavy atom. The van der Waals surface area contributed by atoms with Crippen LogP contribution in [-0.2, 0) is 6.54 Å². The molecule has 2 aromatic heterocycles. The zero-order valence-corrected chi connectivity index (χ0v) is 13.9. The first-order valence-corrected chi connectivity index (χ1v) is 8.00. The van der Waals surface area contributed by atoms with Gasteiger partial charge < -0.3 is 11.1 Å². The van der Waals surface area contributed by atoms with Crippen LogP contribution in [0, 0.1) is 22.9 Å². The second-order valence-electron chi connectivity index (χ2n) is 5.04. The molecule has 1 aromatic carbocycles. The van der Waals surface area contributed by atoms with Gasteiger partial charge in [0.15, 0.2) is 0 Å². The lowest BCUT2D eigenvalue weighted by molar-refractivity contribution is -0.387. The number of halogens is 1. The Bertz CT molecular complexity index is 946. The molecule has 0 amide bonds. The third-order valence-corrected chi connectivity index (χ3v) is 4.50. The highest BCUT2D eigenvalue weighted by Gasteiger charge is 2.15. The molecule has 128 valence electrons. The molecule has 0 saturated carbocycles. The fourth-order valence-corrected chi connectivity index (χ4v) is 3.10. The molecule has 25 heavy (non-hydrogen) atoms. The van der Waals surface area contributed by atoms with E-state index in [1.54, 1.807) is 12.3 Å². The summed E-state index contributed by atoms with van der Waals surface area (Å²) in [5, 5.41) is 14.5. The van der Waals surface area contributed by atoms with E-state index in [9.17, 15) is 14.5 Å². The normalized spacial score (nSPS) is 10.7. The first-order chi connectivity index (χ1) is 12.0.